The summed E-state index contributed by atoms with van der Waals surface area (Å²) in [5.74, 6) is 0.735. The smallest absolute Gasteiger partial charge is 0.0328 e. The third-order valence-electron chi connectivity index (χ3n) is 4.33. The number of hydrogen-bond donors (Lipinski definition) is 1. The highest BCUT2D eigenvalue weighted by atomic mass is 15.2. The molecule has 104 valence electrons. The summed E-state index contributed by atoms with van der Waals surface area (Å²) in [5.41, 5.74) is 0.254. The summed E-state index contributed by atoms with van der Waals surface area (Å²) in [6, 6.07) is 0.586. The van der Waals surface area contributed by atoms with Crippen molar-refractivity contribution >= 4 is 0 Å². The van der Waals surface area contributed by atoms with Crippen molar-refractivity contribution < 1.29 is 0 Å². The van der Waals surface area contributed by atoms with Crippen molar-refractivity contribution in [1.29, 1.82) is 0 Å². The van der Waals surface area contributed by atoms with E-state index >= 15 is 0 Å². The molecule has 0 aliphatic heterocycles. The van der Waals surface area contributed by atoms with Gasteiger partial charge in [-0.1, -0.05) is 34.1 Å². The Morgan fingerprint density at radius 1 is 1.12 bits per heavy atom. The molecule has 2 heteroatoms. The first kappa shape index (κ1) is 16.9. The molecule has 0 saturated heterocycles. The second-order valence-electron chi connectivity index (χ2n) is 5.80. The highest BCUT2D eigenvalue weighted by Crippen LogP contribution is 2.28. The van der Waals surface area contributed by atoms with Gasteiger partial charge in [-0.25, -0.2) is 0 Å². The van der Waals surface area contributed by atoms with Crippen LogP contribution in [0.3, 0.4) is 0 Å². The van der Waals surface area contributed by atoms with Crippen LogP contribution in [0.25, 0.3) is 0 Å². The van der Waals surface area contributed by atoms with Crippen LogP contribution in [-0.4, -0.2) is 37.1 Å². The first-order valence-corrected chi connectivity index (χ1v) is 7.34. The Balaban J connectivity index is 4.85. The van der Waals surface area contributed by atoms with Gasteiger partial charge in [-0.3, -0.25) is 0 Å². The minimum absolute atomic E-state index is 0.254. The second kappa shape index (κ2) is 8.10. The molecule has 1 N–H and O–H groups in total. The van der Waals surface area contributed by atoms with E-state index in [-0.39, 0.29) is 5.54 Å². The summed E-state index contributed by atoms with van der Waals surface area (Å²) in [6.45, 7) is 12.8. The van der Waals surface area contributed by atoms with E-state index < -0.39 is 0 Å². The van der Waals surface area contributed by atoms with E-state index in [9.17, 15) is 0 Å². The lowest BCUT2D eigenvalue weighted by Gasteiger charge is -2.46. The maximum Gasteiger partial charge on any atom is 0.0328 e. The van der Waals surface area contributed by atoms with Crippen molar-refractivity contribution in [2.24, 2.45) is 5.92 Å². The molecule has 0 aliphatic rings. The summed E-state index contributed by atoms with van der Waals surface area (Å²) in [4.78, 5) is 2.40. The molecule has 2 nitrogen and oxygen atoms in total. The van der Waals surface area contributed by atoms with Gasteiger partial charge in [0.2, 0.25) is 0 Å². The molecule has 0 bridgehead atoms. The summed E-state index contributed by atoms with van der Waals surface area (Å²) < 4.78 is 0. The molecule has 0 heterocycles. The normalized spacial score (nSPS) is 19.1. The Labute approximate surface area is 109 Å². The van der Waals surface area contributed by atoms with Gasteiger partial charge in [0.1, 0.15) is 0 Å². The molecule has 0 aromatic rings. The minimum Gasteiger partial charge on any atom is -0.312 e. The molecule has 0 spiro atoms. The van der Waals surface area contributed by atoms with Crippen molar-refractivity contribution in [2.75, 3.05) is 20.6 Å². The van der Waals surface area contributed by atoms with Crippen LogP contribution in [-0.2, 0) is 0 Å². The minimum atomic E-state index is 0.254. The highest BCUT2D eigenvalue weighted by Gasteiger charge is 2.37. The molecular formula is C15H34N2. The molecule has 0 fully saturated rings. The van der Waals surface area contributed by atoms with Crippen LogP contribution >= 0.6 is 0 Å². The fourth-order valence-corrected chi connectivity index (χ4v) is 2.77. The molecule has 0 saturated carbocycles. The molecule has 17 heavy (non-hydrogen) atoms. The molecule has 0 amide bonds. The van der Waals surface area contributed by atoms with Crippen LogP contribution in [0, 0.1) is 5.92 Å². The van der Waals surface area contributed by atoms with Crippen LogP contribution in [0.4, 0.5) is 0 Å². The van der Waals surface area contributed by atoms with E-state index in [1.165, 1.54) is 25.7 Å². The Hall–Kier alpha value is -0.0800. The van der Waals surface area contributed by atoms with Crippen molar-refractivity contribution in [2.45, 2.75) is 71.9 Å². The number of hydrogen-bond acceptors (Lipinski definition) is 2. The molecule has 0 radical (unpaired) electrons. The van der Waals surface area contributed by atoms with Crippen molar-refractivity contribution in [3.8, 4) is 0 Å². The van der Waals surface area contributed by atoms with Crippen molar-refractivity contribution in [3.63, 3.8) is 0 Å². The Morgan fingerprint density at radius 3 is 2.06 bits per heavy atom. The first-order chi connectivity index (χ1) is 7.93. The predicted molar refractivity (Wildman–Crippen MR) is 78.5 cm³/mol. The van der Waals surface area contributed by atoms with Gasteiger partial charge >= 0.3 is 0 Å². The van der Waals surface area contributed by atoms with Gasteiger partial charge in [-0.15, -0.1) is 0 Å². The third kappa shape index (κ3) is 4.59. The van der Waals surface area contributed by atoms with Gasteiger partial charge in [0.25, 0.3) is 0 Å². The van der Waals surface area contributed by atoms with E-state index in [2.05, 4.69) is 58.9 Å². The van der Waals surface area contributed by atoms with Gasteiger partial charge in [0.15, 0.2) is 0 Å². The summed E-state index contributed by atoms with van der Waals surface area (Å²) >= 11 is 0. The van der Waals surface area contributed by atoms with Crippen molar-refractivity contribution in [1.82, 2.24) is 10.2 Å². The average molecular weight is 242 g/mol. The standard InChI is InChI=1S/C15H34N2/c1-8-11-13(4)14(16-12-9-2)15(5,10-3)17(6)7/h13-14,16H,8-12H2,1-7H3. The topological polar surface area (TPSA) is 15.3 Å². The highest BCUT2D eigenvalue weighted by molar-refractivity contribution is 4.96. The molecule has 0 aromatic carbocycles. The molecule has 0 rings (SSSR count). The fourth-order valence-electron chi connectivity index (χ4n) is 2.77. The lowest BCUT2D eigenvalue weighted by Crippen LogP contribution is -2.59. The largest absolute Gasteiger partial charge is 0.312 e. The van der Waals surface area contributed by atoms with Gasteiger partial charge < -0.3 is 10.2 Å². The fraction of sp³-hybridized carbons (Fsp3) is 1.00. The molecule has 3 atom stereocenters. The summed E-state index contributed by atoms with van der Waals surface area (Å²) in [5, 5.41) is 3.79. The predicted octanol–water partition coefficient (Wildman–Crippen LogP) is 3.52. The zero-order chi connectivity index (χ0) is 13.5. The maximum absolute atomic E-state index is 3.79. The van der Waals surface area contributed by atoms with E-state index in [0.29, 0.717) is 6.04 Å². The second-order valence-corrected chi connectivity index (χ2v) is 5.80. The maximum atomic E-state index is 3.79. The zero-order valence-corrected chi connectivity index (χ0v) is 13.1. The van der Waals surface area contributed by atoms with E-state index in [1.54, 1.807) is 0 Å². The Bertz CT molecular complexity index is 191. The molecule has 0 aromatic heterocycles. The number of rotatable bonds is 9. The quantitative estimate of drug-likeness (QED) is 0.665. The lowest BCUT2D eigenvalue weighted by molar-refractivity contribution is 0.0820. The van der Waals surface area contributed by atoms with Crippen LogP contribution in [0.15, 0.2) is 0 Å². The molecule has 0 aliphatic carbocycles. The molecule has 3 unspecified atom stereocenters. The van der Waals surface area contributed by atoms with E-state index in [0.717, 1.165) is 12.5 Å². The third-order valence-corrected chi connectivity index (χ3v) is 4.33. The molecular weight excluding hydrogens is 208 g/mol. The first-order valence-electron chi connectivity index (χ1n) is 7.34. The van der Waals surface area contributed by atoms with Crippen molar-refractivity contribution in [3.05, 3.63) is 0 Å². The monoisotopic (exact) mass is 242 g/mol. The van der Waals surface area contributed by atoms with E-state index in [1.807, 2.05) is 0 Å². The Morgan fingerprint density at radius 2 is 1.71 bits per heavy atom. The zero-order valence-electron chi connectivity index (χ0n) is 13.1. The summed E-state index contributed by atoms with van der Waals surface area (Å²) in [7, 11) is 4.42. The van der Waals surface area contributed by atoms with Gasteiger partial charge in [-0.05, 0) is 52.7 Å². The average Bonchev–Trinajstić information content (AvgIpc) is 2.29. The number of likely N-dealkylation sites (N-methyl/N-ethyl adjacent to an activating group) is 1. The van der Waals surface area contributed by atoms with Crippen LogP contribution in [0.1, 0.15) is 60.3 Å². The lowest BCUT2D eigenvalue weighted by atomic mass is 9.79. The van der Waals surface area contributed by atoms with Crippen LogP contribution < -0.4 is 5.32 Å². The van der Waals surface area contributed by atoms with E-state index in [4.69, 9.17) is 0 Å². The Kier molecular flexibility index (Phi) is 8.06. The van der Waals surface area contributed by atoms with Crippen LogP contribution in [0.5, 0.6) is 0 Å². The van der Waals surface area contributed by atoms with Gasteiger partial charge in [-0.2, -0.15) is 0 Å². The number of nitrogens with zero attached hydrogens (tertiary/aromatic N) is 1. The number of nitrogens with one attached hydrogen (secondary N) is 1. The van der Waals surface area contributed by atoms with Gasteiger partial charge in [0.05, 0.1) is 0 Å². The van der Waals surface area contributed by atoms with Crippen LogP contribution in [0.2, 0.25) is 0 Å². The SMILES string of the molecule is CCCNC(C(C)CCC)C(C)(CC)N(C)C. The van der Waals surface area contributed by atoms with Gasteiger partial charge in [0, 0.05) is 11.6 Å². The summed E-state index contributed by atoms with van der Waals surface area (Å²) in [6.07, 6.45) is 4.99.